The predicted octanol–water partition coefficient (Wildman–Crippen LogP) is 1.46. The quantitative estimate of drug-likeness (QED) is 0.841. The summed E-state index contributed by atoms with van der Waals surface area (Å²) in [6, 6.07) is 10.0. The first-order valence-corrected chi connectivity index (χ1v) is 8.63. The highest BCUT2D eigenvalue weighted by atomic mass is 16.2. The summed E-state index contributed by atoms with van der Waals surface area (Å²) in [6.45, 7) is 4.16. The molecule has 0 aliphatic carbocycles. The average molecular weight is 327 g/mol. The van der Waals surface area contributed by atoms with Crippen molar-refractivity contribution in [3.8, 4) is 0 Å². The van der Waals surface area contributed by atoms with E-state index < -0.39 is 0 Å². The van der Waals surface area contributed by atoms with E-state index in [1.807, 2.05) is 23.1 Å². The number of carbonyl (C=O) groups is 2. The van der Waals surface area contributed by atoms with Gasteiger partial charge in [-0.15, -0.1) is 0 Å². The Morgan fingerprint density at radius 1 is 1.17 bits per heavy atom. The van der Waals surface area contributed by atoms with Crippen molar-refractivity contribution in [2.24, 2.45) is 0 Å². The van der Waals surface area contributed by atoms with Gasteiger partial charge in [0.2, 0.25) is 11.8 Å². The molecule has 2 amide bonds. The minimum Gasteiger partial charge on any atom is -0.338 e. The van der Waals surface area contributed by atoms with E-state index in [0.717, 1.165) is 32.7 Å². The van der Waals surface area contributed by atoms with E-state index in [1.165, 1.54) is 5.56 Å². The maximum Gasteiger partial charge on any atom is 0.245 e. The van der Waals surface area contributed by atoms with Crippen molar-refractivity contribution in [2.45, 2.75) is 18.9 Å². The van der Waals surface area contributed by atoms with Crippen molar-refractivity contribution in [3.63, 3.8) is 0 Å². The monoisotopic (exact) mass is 327 g/mol. The van der Waals surface area contributed by atoms with Crippen LogP contribution < -0.4 is 0 Å². The topological polar surface area (TPSA) is 43.9 Å². The van der Waals surface area contributed by atoms with E-state index in [0.29, 0.717) is 12.8 Å². The highest BCUT2D eigenvalue weighted by molar-refractivity contribution is 5.90. The van der Waals surface area contributed by atoms with Crippen LogP contribution >= 0.6 is 0 Å². The predicted molar refractivity (Wildman–Crippen MR) is 94.3 cm³/mol. The summed E-state index contributed by atoms with van der Waals surface area (Å²) in [5.41, 5.74) is 1.21. The molecule has 0 radical (unpaired) electrons. The summed E-state index contributed by atoms with van der Waals surface area (Å²) in [5.74, 6) is 0.195. The number of nitrogens with zero attached hydrogens (tertiary/aromatic N) is 3. The van der Waals surface area contributed by atoms with Gasteiger partial charge >= 0.3 is 0 Å². The van der Waals surface area contributed by atoms with Crippen LogP contribution in [0.3, 0.4) is 0 Å². The van der Waals surface area contributed by atoms with Gasteiger partial charge in [0.05, 0.1) is 0 Å². The van der Waals surface area contributed by atoms with E-state index in [-0.39, 0.29) is 17.9 Å². The van der Waals surface area contributed by atoms with E-state index in [1.54, 1.807) is 11.9 Å². The van der Waals surface area contributed by atoms with Crippen LogP contribution in [0.2, 0.25) is 0 Å². The molecule has 1 aromatic rings. The Labute approximate surface area is 143 Å². The molecule has 5 heteroatoms. The number of likely N-dealkylation sites (tertiary alicyclic amines) is 1. The molecule has 2 heterocycles. The van der Waals surface area contributed by atoms with Crippen LogP contribution in [0, 0.1) is 0 Å². The summed E-state index contributed by atoms with van der Waals surface area (Å²) in [5, 5.41) is 0. The van der Waals surface area contributed by atoms with Crippen molar-refractivity contribution >= 4 is 17.9 Å². The second-order valence-corrected chi connectivity index (χ2v) is 6.50. The van der Waals surface area contributed by atoms with Gasteiger partial charge in [0.25, 0.3) is 0 Å². The Hall–Kier alpha value is -2.14. The average Bonchev–Trinajstić information content (AvgIpc) is 2.95. The second-order valence-electron chi connectivity index (χ2n) is 6.50. The van der Waals surface area contributed by atoms with Gasteiger partial charge in [0.1, 0.15) is 6.04 Å². The third-order valence-corrected chi connectivity index (χ3v) is 4.94. The van der Waals surface area contributed by atoms with Gasteiger partial charge in [0.15, 0.2) is 0 Å². The lowest BCUT2D eigenvalue weighted by atomic mass is 10.1. The number of benzene rings is 1. The molecule has 0 aromatic heterocycles. The first kappa shape index (κ1) is 16.7. The van der Waals surface area contributed by atoms with Crippen LogP contribution in [-0.4, -0.2) is 72.3 Å². The molecule has 1 unspecified atom stereocenters. The lowest BCUT2D eigenvalue weighted by molar-refractivity contribution is -0.141. The molecule has 24 heavy (non-hydrogen) atoms. The minimum absolute atomic E-state index is 0.0815. The molecule has 1 aromatic carbocycles. The number of rotatable bonds is 4. The van der Waals surface area contributed by atoms with Crippen molar-refractivity contribution in [3.05, 3.63) is 42.0 Å². The maximum absolute atomic E-state index is 12.6. The number of likely N-dealkylation sites (N-methyl/N-ethyl adjacent to an activating group) is 1. The minimum atomic E-state index is -0.248. The third-order valence-electron chi connectivity index (χ3n) is 4.94. The number of hydrogen-bond donors (Lipinski definition) is 0. The number of carbonyl (C=O) groups excluding carboxylic acids is 2. The Balaban J connectivity index is 1.45. The summed E-state index contributed by atoms with van der Waals surface area (Å²) >= 11 is 0. The fourth-order valence-electron chi connectivity index (χ4n) is 3.36. The molecule has 3 rings (SSSR count). The van der Waals surface area contributed by atoms with Crippen molar-refractivity contribution in [1.29, 1.82) is 0 Å². The zero-order valence-corrected chi connectivity index (χ0v) is 14.2. The van der Waals surface area contributed by atoms with Crippen molar-refractivity contribution in [1.82, 2.24) is 14.7 Å². The van der Waals surface area contributed by atoms with Gasteiger partial charge in [0, 0.05) is 46.2 Å². The Kier molecular flexibility index (Phi) is 5.30. The third kappa shape index (κ3) is 3.85. The fraction of sp³-hybridized carbons (Fsp3) is 0.474. The molecular weight excluding hydrogens is 302 g/mol. The van der Waals surface area contributed by atoms with Crippen LogP contribution in [-0.2, 0) is 9.59 Å². The van der Waals surface area contributed by atoms with Crippen LogP contribution in [0.4, 0.5) is 0 Å². The molecule has 0 bridgehead atoms. The zero-order valence-electron chi connectivity index (χ0n) is 14.2. The van der Waals surface area contributed by atoms with E-state index in [4.69, 9.17) is 0 Å². The summed E-state index contributed by atoms with van der Waals surface area (Å²) in [4.78, 5) is 30.0. The highest BCUT2D eigenvalue weighted by Gasteiger charge is 2.36. The molecule has 1 atom stereocenters. The Morgan fingerprint density at radius 2 is 1.88 bits per heavy atom. The van der Waals surface area contributed by atoms with Crippen LogP contribution in [0.5, 0.6) is 0 Å². The van der Waals surface area contributed by atoms with Gasteiger partial charge in [-0.1, -0.05) is 42.5 Å². The normalized spacial score (nSPS) is 22.5. The first-order valence-electron chi connectivity index (χ1n) is 8.63. The van der Waals surface area contributed by atoms with Crippen molar-refractivity contribution < 1.29 is 9.59 Å². The van der Waals surface area contributed by atoms with Crippen molar-refractivity contribution in [2.75, 3.05) is 39.8 Å². The summed E-state index contributed by atoms with van der Waals surface area (Å²) < 4.78 is 0. The summed E-state index contributed by atoms with van der Waals surface area (Å²) in [6.07, 6.45) is 5.47. The molecule has 2 saturated heterocycles. The van der Waals surface area contributed by atoms with Gasteiger partial charge in [-0.3, -0.25) is 14.5 Å². The van der Waals surface area contributed by atoms with Crippen LogP contribution in [0.25, 0.3) is 6.08 Å². The number of hydrogen-bond acceptors (Lipinski definition) is 3. The first-order chi connectivity index (χ1) is 11.6. The van der Waals surface area contributed by atoms with E-state index >= 15 is 0 Å². The number of amides is 2. The lowest BCUT2D eigenvalue weighted by Gasteiger charge is -2.36. The molecule has 5 nitrogen and oxygen atoms in total. The number of piperazine rings is 1. The SMILES string of the molecule is CN1C(=O)CCC1C(=O)N1CCN(C/C=C/c2ccccc2)CC1. The van der Waals surface area contributed by atoms with Gasteiger partial charge in [-0.05, 0) is 12.0 Å². The summed E-state index contributed by atoms with van der Waals surface area (Å²) in [7, 11) is 1.74. The molecule has 0 saturated carbocycles. The van der Waals surface area contributed by atoms with Crippen LogP contribution in [0.15, 0.2) is 36.4 Å². The van der Waals surface area contributed by atoms with Crippen LogP contribution in [0.1, 0.15) is 18.4 Å². The second kappa shape index (κ2) is 7.62. The largest absolute Gasteiger partial charge is 0.338 e. The molecular formula is C19H25N3O2. The molecule has 2 aliphatic rings. The lowest BCUT2D eigenvalue weighted by Crippen LogP contribution is -2.53. The smallest absolute Gasteiger partial charge is 0.245 e. The van der Waals surface area contributed by atoms with Gasteiger partial charge in [-0.2, -0.15) is 0 Å². The van der Waals surface area contributed by atoms with Gasteiger partial charge < -0.3 is 9.80 Å². The van der Waals surface area contributed by atoms with E-state index in [2.05, 4.69) is 29.2 Å². The molecule has 2 fully saturated rings. The Morgan fingerprint density at radius 3 is 2.50 bits per heavy atom. The molecule has 0 spiro atoms. The van der Waals surface area contributed by atoms with E-state index in [9.17, 15) is 9.59 Å². The maximum atomic E-state index is 12.6. The highest BCUT2D eigenvalue weighted by Crippen LogP contribution is 2.19. The fourth-order valence-corrected chi connectivity index (χ4v) is 3.36. The molecule has 2 aliphatic heterocycles. The molecule has 128 valence electrons. The zero-order chi connectivity index (χ0) is 16.9. The standard InChI is InChI=1S/C19H25N3O2/c1-20-17(9-10-18(20)23)19(24)22-14-12-21(13-15-22)11-5-8-16-6-3-2-4-7-16/h2-8,17H,9-15H2,1H3/b8-5+. The molecule has 0 N–H and O–H groups in total. The Bertz CT molecular complexity index is 606. The van der Waals surface area contributed by atoms with Gasteiger partial charge in [-0.25, -0.2) is 0 Å².